The van der Waals surface area contributed by atoms with Crippen molar-refractivity contribution in [2.24, 2.45) is 0 Å². The van der Waals surface area contributed by atoms with Crippen molar-refractivity contribution in [2.45, 2.75) is 31.6 Å². The van der Waals surface area contributed by atoms with E-state index < -0.39 is 18.8 Å². The SMILES string of the molecule is CCCC(=O)[O][Sn]([CH]1C=CC=C1)([CH]1C=CC=C1)[CH]1C=CC=C1. The predicted molar refractivity (Wildman–Crippen MR) is 92.8 cm³/mol. The Hall–Kier alpha value is -1.29. The number of carbonyl (C=O) groups is 1. The van der Waals surface area contributed by atoms with Gasteiger partial charge >= 0.3 is 137 Å². The van der Waals surface area contributed by atoms with Crippen molar-refractivity contribution in [1.29, 1.82) is 0 Å². The molecule has 0 fully saturated rings. The summed E-state index contributed by atoms with van der Waals surface area (Å²) in [6.45, 7) is 2.03. The van der Waals surface area contributed by atoms with Gasteiger partial charge in [-0.15, -0.1) is 0 Å². The van der Waals surface area contributed by atoms with Crippen molar-refractivity contribution in [1.82, 2.24) is 0 Å². The molecule has 3 aliphatic carbocycles. The summed E-state index contributed by atoms with van der Waals surface area (Å²) in [6.07, 6.45) is 27.3. The van der Waals surface area contributed by atoms with Gasteiger partial charge in [0, 0.05) is 0 Å². The molecule has 0 aromatic carbocycles. The molecule has 0 aromatic rings. The molecule has 3 heteroatoms. The first-order valence-electron chi connectivity index (χ1n) is 8.04. The van der Waals surface area contributed by atoms with Gasteiger partial charge in [0.2, 0.25) is 0 Å². The first-order valence-corrected chi connectivity index (χ1v) is 14.1. The van der Waals surface area contributed by atoms with Crippen LogP contribution in [0.2, 0.25) is 11.8 Å². The molecule has 114 valence electrons. The van der Waals surface area contributed by atoms with Gasteiger partial charge in [-0.2, -0.15) is 0 Å². The van der Waals surface area contributed by atoms with Crippen LogP contribution in [0.3, 0.4) is 0 Å². The van der Waals surface area contributed by atoms with Gasteiger partial charge in [-0.05, 0) is 0 Å². The zero-order chi connectivity index (χ0) is 15.4. The predicted octanol–water partition coefficient (Wildman–Crippen LogP) is 4.76. The normalized spacial score (nSPS) is 20.8. The standard InChI is InChI=1S/3C5H5.C4H8O2.Sn/c3*1-2-4-5-3-1;1-2-3-4(5)6;/h3*1-5H;2-3H2,1H3,(H,5,6);/q;;;;+1/p-1. The Bertz CT molecular complexity index is 502. The van der Waals surface area contributed by atoms with Crippen LogP contribution in [0.1, 0.15) is 19.8 Å². The second-order valence-electron chi connectivity index (χ2n) is 5.96. The van der Waals surface area contributed by atoms with Crippen LogP contribution in [0.4, 0.5) is 0 Å². The monoisotopic (exact) mass is 402 g/mol. The number of carbonyl (C=O) groups excluding carboxylic acids is 1. The van der Waals surface area contributed by atoms with Crippen molar-refractivity contribution >= 4 is 24.8 Å². The minimum atomic E-state index is -3.42. The van der Waals surface area contributed by atoms with Gasteiger partial charge in [-0.3, -0.25) is 0 Å². The van der Waals surface area contributed by atoms with Crippen molar-refractivity contribution in [3.05, 3.63) is 72.9 Å². The average molecular weight is 401 g/mol. The Balaban J connectivity index is 2.02. The van der Waals surface area contributed by atoms with Crippen molar-refractivity contribution in [3.8, 4) is 0 Å². The van der Waals surface area contributed by atoms with Crippen molar-refractivity contribution in [2.75, 3.05) is 0 Å². The fourth-order valence-electron chi connectivity index (χ4n) is 3.52. The summed E-state index contributed by atoms with van der Waals surface area (Å²) >= 11 is -3.42. The van der Waals surface area contributed by atoms with Crippen LogP contribution in [-0.4, -0.2) is 24.8 Å². The van der Waals surface area contributed by atoms with Crippen LogP contribution in [-0.2, 0) is 7.87 Å². The van der Waals surface area contributed by atoms with E-state index in [9.17, 15) is 4.79 Å². The average Bonchev–Trinajstić information content (AvgIpc) is 3.28. The number of rotatable bonds is 6. The third kappa shape index (κ3) is 2.81. The molecular formula is C19H22O2Sn. The van der Waals surface area contributed by atoms with E-state index in [2.05, 4.69) is 72.9 Å². The van der Waals surface area contributed by atoms with Crippen molar-refractivity contribution < 1.29 is 7.87 Å². The van der Waals surface area contributed by atoms with E-state index in [1.807, 2.05) is 6.92 Å². The van der Waals surface area contributed by atoms with Gasteiger partial charge < -0.3 is 0 Å². The Morgan fingerprint density at radius 2 is 1.18 bits per heavy atom. The molecule has 3 rings (SSSR count). The second kappa shape index (κ2) is 6.86. The van der Waals surface area contributed by atoms with Gasteiger partial charge in [-0.25, -0.2) is 0 Å². The fourth-order valence-corrected chi connectivity index (χ4v) is 17.0. The van der Waals surface area contributed by atoms with Gasteiger partial charge in [0.05, 0.1) is 0 Å². The van der Waals surface area contributed by atoms with E-state index in [4.69, 9.17) is 3.07 Å². The van der Waals surface area contributed by atoms with E-state index in [-0.39, 0.29) is 5.97 Å². The second-order valence-corrected chi connectivity index (χ2v) is 17.1. The van der Waals surface area contributed by atoms with Crippen LogP contribution in [0.15, 0.2) is 72.9 Å². The molecule has 0 heterocycles. The van der Waals surface area contributed by atoms with Crippen molar-refractivity contribution in [3.63, 3.8) is 0 Å². The first-order chi connectivity index (χ1) is 10.8. The molecule has 0 aromatic heterocycles. The van der Waals surface area contributed by atoms with Crippen LogP contribution in [0, 0.1) is 0 Å². The molecule has 0 radical (unpaired) electrons. The minimum absolute atomic E-state index is 0.0191. The van der Waals surface area contributed by atoms with E-state index >= 15 is 0 Å². The topological polar surface area (TPSA) is 26.3 Å². The Morgan fingerprint density at radius 3 is 1.50 bits per heavy atom. The number of allylic oxidation sites excluding steroid dienone is 12. The molecule has 0 N–H and O–H groups in total. The number of hydrogen-bond acceptors (Lipinski definition) is 2. The molecular weight excluding hydrogens is 379 g/mol. The summed E-state index contributed by atoms with van der Waals surface area (Å²) in [5.41, 5.74) is 0. The molecule has 0 saturated heterocycles. The van der Waals surface area contributed by atoms with Crippen LogP contribution < -0.4 is 0 Å². The van der Waals surface area contributed by atoms with Crippen LogP contribution in [0.5, 0.6) is 0 Å². The molecule has 0 amide bonds. The first kappa shape index (κ1) is 15.6. The van der Waals surface area contributed by atoms with E-state index in [0.29, 0.717) is 18.2 Å². The molecule has 0 aliphatic heterocycles. The molecule has 0 saturated carbocycles. The Labute approximate surface area is 137 Å². The molecule has 0 atom stereocenters. The van der Waals surface area contributed by atoms with Gasteiger partial charge in [0.25, 0.3) is 0 Å². The Kier molecular flexibility index (Phi) is 4.86. The molecule has 2 nitrogen and oxygen atoms in total. The quantitative estimate of drug-likeness (QED) is 0.600. The molecule has 0 spiro atoms. The third-order valence-corrected chi connectivity index (χ3v) is 18.4. The third-order valence-electron chi connectivity index (χ3n) is 4.55. The summed E-state index contributed by atoms with van der Waals surface area (Å²) in [5.74, 6) is -0.0191. The summed E-state index contributed by atoms with van der Waals surface area (Å²) in [7, 11) is 0. The van der Waals surface area contributed by atoms with E-state index in [1.54, 1.807) is 0 Å². The van der Waals surface area contributed by atoms with Gasteiger partial charge in [-0.1, -0.05) is 0 Å². The van der Waals surface area contributed by atoms with Gasteiger partial charge in [0.1, 0.15) is 0 Å². The number of hydrogen-bond donors (Lipinski definition) is 0. The molecule has 0 unspecified atom stereocenters. The maximum atomic E-state index is 12.4. The molecule has 22 heavy (non-hydrogen) atoms. The maximum absolute atomic E-state index is 12.4. The summed E-state index contributed by atoms with van der Waals surface area (Å²) in [4.78, 5) is 12.4. The molecule has 0 bridgehead atoms. The summed E-state index contributed by atoms with van der Waals surface area (Å²) in [5, 5.41) is 0. The van der Waals surface area contributed by atoms with Crippen LogP contribution in [0.25, 0.3) is 0 Å². The van der Waals surface area contributed by atoms with E-state index in [0.717, 1.165) is 6.42 Å². The summed E-state index contributed by atoms with van der Waals surface area (Å²) < 4.78 is 7.28. The van der Waals surface area contributed by atoms with E-state index in [1.165, 1.54) is 0 Å². The summed E-state index contributed by atoms with van der Waals surface area (Å²) in [6, 6.07) is 0. The zero-order valence-corrected chi connectivity index (χ0v) is 15.7. The molecule has 3 aliphatic rings. The van der Waals surface area contributed by atoms with Gasteiger partial charge in [0.15, 0.2) is 0 Å². The Morgan fingerprint density at radius 1 is 0.818 bits per heavy atom. The van der Waals surface area contributed by atoms with Crippen LogP contribution >= 0.6 is 0 Å². The zero-order valence-electron chi connectivity index (χ0n) is 12.9. The fraction of sp³-hybridized carbons (Fsp3) is 0.316.